The van der Waals surface area contributed by atoms with E-state index in [9.17, 15) is 24.9 Å². The first-order valence-corrected chi connectivity index (χ1v) is 6.88. The summed E-state index contributed by atoms with van der Waals surface area (Å²) >= 11 is 0. The van der Waals surface area contributed by atoms with Crippen LogP contribution in [0.1, 0.15) is 46.0 Å². The molecule has 0 aromatic heterocycles. The highest BCUT2D eigenvalue weighted by Gasteiger charge is 2.26. The molecule has 0 saturated heterocycles. The molecule has 114 valence electrons. The minimum absolute atomic E-state index is 0.116. The molecule has 0 unspecified atom stereocenters. The number of phenols is 3. The summed E-state index contributed by atoms with van der Waals surface area (Å²) in [7, 11) is 0. The quantitative estimate of drug-likeness (QED) is 0.738. The fraction of sp³-hybridized carbons (Fsp3) is 0.176. The number of carbonyl (C=O) groups is 2. The number of ketones is 2. The Kier molecular flexibility index (Phi) is 4.46. The van der Waals surface area contributed by atoms with E-state index in [-0.39, 0.29) is 23.1 Å². The van der Waals surface area contributed by atoms with Crippen molar-refractivity contribution in [2.75, 3.05) is 0 Å². The molecule has 3 N–H and O–H groups in total. The van der Waals surface area contributed by atoms with Gasteiger partial charge in [-0.25, -0.2) is 0 Å². The van der Waals surface area contributed by atoms with Crippen LogP contribution in [0.5, 0.6) is 17.2 Å². The molecule has 0 heterocycles. The first-order chi connectivity index (χ1) is 10.5. The molecule has 0 fully saturated rings. The molecule has 2 aromatic rings. The highest BCUT2D eigenvalue weighted by Crippen LogP contribution is 2.39. The lowest BCUT2D eigenvalue weighted by molar-refractivity contribution is 0.0976. The average Bonchev–Trinajstić information content (AvgIpc) is 2.47. The topological polar surface area (TPSA) is 94.8 Å². The maximum absolute atomic E-state index is 12.4. The third kappa shape index (κ3) is 2.79. The second kappa shape index (κ2) is 6.30. The Labute approximate surface area is 127 Å². The van der Waals surface area contributed by atoms with Gasteiger partial charge in [0, 0.05) is 18.1 Å². The van der Waals surface area contributed by atoms with E-state index in [1.165, 1.54) is 12.1 Å². The van der Waals surface area contributed by atoms with Crippen molar-refractivity contribution >= 4 is 11.6 Å². The van der Waals surface area contributed by atoms with Gasteiger partial charge in [-0.05, 0) is 6.42 Å². The first kappa shape index (κ1) is 15.6. The number of benzene rings is 2. The van der Waals surface area contributed by atoms with E-state index in [2.05, 4.69) is 0 Å². The molecule has 0 aliphatic heterocycles. The highest BCUT2D eigenvalue weighted by atomic mass is 16.3. The zero-order valence-corrected chi connectivity index (χ0v) is 12.0. The Morgan fingerprint density at radius 3 is 2.14 bits per heavy atom. The summed E-state index contributed by atoms with van der Waals surface area (Å²) in [6, 6.07) is 8.97. The van der Waals surface area contributed by atoms with Crippen molar-refractivity contribution in [2.24, 2.45) is 0 Å². The van der Waals surface area contributed by atoms with Crippen molar-refractivity contribution in [1.29, 1.82) is 0 Å². The van der Waals surface area contributed by atoms with Gasteiger partial charge in [-0.1, -0.05) is 37.3 Å². The molecule has 2 rings (SSSR count). The van der Waals surface area contributed by atoms with Crippen LogP contribution in [0.15, 0.2) is 36.4 Å². The third-order valence-corrected chi connectivity index (χ3v) is 3.28. The van der Waals surface area contributed by atoms with Crippen molar-refractivity contribution in [3.63, 3.8) is 0 Å². The van der Waals surface area contributed by atoms with Crippen LogP contribution in [-0.2, 0) is 0 Å². The second-order valence-corrected chi connectivity index (χ2v) is 4.88. The van der Waals surface area contributed by atoms with E-state index in [0.717, 1.165) is 6.07 Å². The summed E-state index contributed by atoms with van der Waals surface area (Å²) in [5, 5.41) is 29.9. The fourth-order valence-electron chi connectivity index (χ4n) is 2.23. The molecule has 0 atom stereocenters. The summed E-state index contributed by atoms with van der Waals surface area (Å²) in [6.07, 6.45) is 0.644. The van der Waals surface area contributed by atoms with Crippen LogP contribution in [-0.4, -0.2) is 26.9 Å². The van der Waals surface area contributed by atoms with Crippen LogP contribution in [0, 0.1) is 0 Å². The zero-order valence-electron chi connectivity index (χ0n) is 12.0. The van der Waals surface area contributed by atoms with E-state index in [4.69, 9.17) is 0 Å². The molecule has 0 amide bonds. The Hall–Kier alpha value is -2.82. The lowest BCUT2D eigenvalue weighted by Crippen LogP contribution is -2.07. The minimum Gasteiger partial charge on any atom is -0.507 e. The van der Waals surface area contributed by atoms with Crippen LogP contribution in [0.2, 0.25) is 0 Å². The Bertz CT molecular complexity index is 720. The first-order valence-electron chi connectivity index (χ1n) is 6.88. The van der Waals surface area contributed by atoms with Gasteiger partial charge in [0.05, 0.1) is 0 Å². The number of phenolic OH excluding ortho intramolecular Hbond substituents is 3. The standard InChI is InChI=1S/C17H16O5/c1-2-6-11(18)14-12(19)9-13(20)15(17(14)22)16(21)10-7-4-3-5-8-10/h3-5,7-9,19-20,22H,2,6H2,1H3. The predicted molar refractivity (Wildman–Crippen MR) is 80.5 cm³/mol. The summed E-state index contributed by atoms with van der Waals surface area (Å²) in [4.78, 5) is 24.4. The van der Waals surface area contributed by atoms with Gasteiger partial charge in [0.25, 0.3) is 0 Å². The Balaban J connectivity index is 2.60. The zero-order chi connectivity index (χ0) is 16.3. The second-order valence-electron chi connectivity index (χ2n) is 4.88. The normalized spacial score (nSPS) is 10.4. The SMILES string of the molecule is CCCC(=O)c1c(O)cc(O)c(C(=O)c2ccccc2)c1O. The van der Waals surface area contributed by atoms with Crippen molar-refractivity contribution in [3.05, 3.63) is 53.1 Å². The van der Waals surface area contributed by atoms with Crippen molar-refractivity contribution in [1.82, 2.24) is 0 Å². The van der Waals surface area contributed by atoms with Crippen molar-refractivity contribution in [2.45, 2.75) is 19.8 Å². The van der Waals surface area contributed by atoms with Gasteiger partial charge in [-0.3, -0.25) is 9.59 Å². The predicted octanol–water partition coefficient (Wildman–Crippen LogP) is 3.02. The van der Waals surface area contributed by atoms with Gasteiger partial charge in [0.1, 0.15) is 28.4 Å². The molecule has 0 aliphatic rings. The molecule has 0 bridgehead atoms. The number of rotatable bonds is 5. The van der Waals surface area contributed by atoms with Crippen LogP contribution in [0.3, 0.4) is 0 Å². The Morgan fingerprint density at radius 1 is 0.955 bits per heavy atom. The molecule has 0 saturated carbocycles. The monoisotopic (exact) mass is 300 g/mol. The van der Waals surface area contributed by atoms with E-state index < -0.39 is 28.8 Å². The molecular weight excluding hydrogens is 284 g/mol. The summed E-state index contributed by atoms with van der Waals surface area (Å²) < 4.78 is 0. The molecule has 22 heavy (non-hydrogen) atoms. The van der Waals surface area contributed by atoms with E-state index in [1.54, 1.807) is 25.1 Å². The maximum Gasteiger partial charge on any atom is 0.200 e. The van der Waals surface area contributed by atoms with Crippen LogP contribution in [0.4, 0.5) is 0 Å². The fourth-order valence-corrected chi connectivity index (χ4v) is 2.23. The average molecular weight is 300 g/mol. The molecule has 5 nitrogen and oxygen atoms in total. The molecule has 5 heteroatoms. The largest absolute Gasteiger partial charge is 0.507 e. The van der Waals surface area contributed by atoms with Gasteiger partial charge >= 0.3 is 0 Å². The highest BCUT2D eigenvalue weighted by molar-refractivity contribution is 6.15. The molecule has 0 aliphatic carbocycles. The maximum atomic E-state index is 12.4. The smallest absolute Gasteiger partial charge is 0.200 e. The van der Waals surface area contributed by atoms with Gasteiger partial charge in [-0.2, -0.15) is 0 Å². The number of aromatic hydroxyl groups is 3. The van der Waals surface area contributed by atoms with Crippen molar-refractivity contribution < 1.29 is 24.9 Å². The van der Waals surface area contributed by atoms with Gasteiger partial charge in [0.2, 0.25) is 5.78 Å². The molecule has 2 aromatic carbocycles. The summed E-state index contributed by atoms with van der Waals surface area (Å²) in [5.74, 6) is -2.92. The number of hydrogen-bond acceptors (Lipinski definition) is 5. The lowest BCUT2D eigenvalue weighted by atomic mass is 9.95. The molecule has 0 spiro atoms. The van der Waals surface area contributed by atoms with Gasteiger partial charge in [-0.15, -0.1) is 0 Å². The minimum atomic E-state index is -0.690. The van der Waals surface area contributed by atoms with E-state index in [1.807, 2.05) is 0 Å². The van der Waals surface area contributed by atoms with Crippen LogP contribution < -0.4 is 0 Å². The van der Waals surface area contributed by atoms with Crippen LogP contribution in [0.25, 0.3) is 0 Å². The van der Waals surface area contributed by atoms with Crippen LogP contribution >= 0.6 is 0 Å². The number of hydrogen-bond donors (Lipinski definition) is 3. The van der Waals surface area contributed by atoms with Gasteiger partial charge < -0.3 is 15.3 Å². The number of Topliss-reactive ketones (excluding diaryl/α,β-unsaturated/α-hetero) is 1. The summed E-state index contributed by atoms with van der Waals surface area (Å²) in [6.45, 7) is 1.78. The molecular formula is C17H16O5. The summed E-state index contributed by atoms with van der Waals surface area (Å²) in [5.41, 5.74) is -0.463. The van der Waals surface area contributed by atoms with E-state index >= 15 is 0 Å². The number of carbonyl (C=O) groups excluding carboxylic acids is 2. The lowest BCUT2D eigenvalue weighted by Gasteiger charge is -2.12. The Morgan fingerprint density at radius 2 is 1.55 bits per heavy atom. The van der Waals surface area contributed by atoms with E-state index in [0.29, 0.717) is 6.42 Å². The van der Waals surface area contributed by atoms with Gasteiger partial charge in [0.15, 0.2) is 5.78 Å². The molecule has 0 radical (unpaired) electrons. The van der Waals surface area contributed by atoms with Crippen molar-refractivity contribution in [3.8, 4) is 17.2 Å². The third-order valence-electron chi connectivity index (χ3n) is 3.28.